The van der Waals surface area contributed by atoms with E-state index in [0.29, 0.717) is 29.2 Å². The summed E-state index contributed by atoms with van der Waals surface area (Å²) in [4.78, 5) is 21.8. The highest BCUT2D eigenvalue weighted by atomic mass is 35.5. The monoisotopic (exact) mass is 255 g/mol. The van der Waals surface area contributed by atoms with Crippen LogP contribution in [0.5, 0.6) is 5.75 Å². The number of carbonyl (C=O) groups is 2. The van der Waals surface area contributed by atoms with Gasteiger partial charge in [0.15, 0.2) is 6.61 Å². The SMILES string of the molecule is CCCNC(=O)COc1ccc(C=O)cc1Cl. The maximum Gasteiger partial charge on any atom is 0.257 e. The normalized spacial score (nSPS) is 9.76. The number of ether oxygens (including phenoxy) is 1. The van der Waals surface area contributed by atoms with Crippen molar-refractivity contribution < 1.29 is 14.3 Å². The van der Waals surface area contributed by atoms with Crippen LogP contribution in [0.15, 0.2) is 18.2 Å². The van der Waals surface area contributed by atoms with Crippen LogP contribution in [0.25, 0.3) is 0 Å². The molecule has 17 heavy (non-hydrogen) atoms. The molecule has 0 aliphatic carbocycles. The maximum absolute atomic E-state index is 11.3. The summed E-state index contributed by atoms with van der Waals surface area (Å²) >= 11 is 5.88. The van der Waals surface area contributed by atoms with Crippen molar-refractivity contribution in [3.8, 4) is 5.75 Å². The molecule has 0 unspecified atom stereocenters. The summed E-state index contributed by atoms with van der Waals surface area (Å²) in [6.45, 7) is 2.51. The molecule has 0 spiro atoms. The molecule has 0 saturated heterocycles. The van der Waals surface area contributed by atoms with E-state index in [4.69, 9.17) is 16.3 Å². The second-order valence-corrected chi connectivity index (χ2v) is 3.85. The van der Waals surface area contributed by atoms with E-state index in [2.05, 4.69) is 5.32 Å². The van der Waals surface area contributed by atoms with Gasteiger partial charge < -0.3 is 10.1 Å². The van der Waals surface area contributed by atoms with Crippen LogP contribution in [0.3, 0.4) is 0 Å². The van der Waals surface area contributed by atoms with Crippen LogP contribution in [0.2, 0.25) is 5.02 Å². The summed E-state index contributed by atoms with van der Waals surface area (Å²) in [5, 5.41) is 3.00. The zero-order valence-corrected chi connectivity index (χ0v) is 10.3. The molecular formula is C12H14ClNO3. The lowest BCUT2D eigenvalue weighted by Gasteiger charge is -2.08. The minimum atomic E-state index is -0.192. The number of amides is 1. The lowest BCUT2D eigenvalue weighted by molar-refractivity contribution is -0.123. The van der Waals surface area contributed by atoms with Gasteiger partial charge in [-0.2, -0.15) is 0 Å². The van der Waals surface area contributed by atoms with E-state index >= 15 is 0 Å². The first-order valence-corrected chi connectivity index (χ1v) is 5.69. The molecule has 0 saturated carbocycles. The molecule has 1 aromatic carbocycles. The molecular weight excluding hydrogens is 242 g/mol. The lowest BCUT2D eigenvalue weighted by Crippen LogP contribution is -2.29. The predicted octanol–water partition coefficient (Wildman–Crippen LogP) is 2.06. The highest BCUT2D eigenvalue weighted by Crippen LogP contribution is 2.24. The van der Waals surface area contributed by atoms with E-state index in [1.807, 2.05) is 6.92 Å². The zero-order valence-electron chi connectivity index (χ0n) is 9.53. The number of benzene rings is 1. The van der Waals surface area contributed by atoms with Crippen molar-refractivity contribution >= 4 is 23.8 Å². The van der Waals surface area contributed by atoms with Crippen LogP contribution in [-0.2, 0) is 4.79 Å². The largest absolute Gasteiger partial charge is 0.482 e. The van der Waals surface area contributed by atoms with Gasteiger partial charge in [0, 0.05) is 12.1 Å². The van der Waals surface area contributed by atoms with Crippen molar-refractivity contribution in [3.05, 3.63) is 28.8 Å². The van der Waals surface area contributed by atoms with E-state index in [1.54, 1.807) is 12.1 Å². The van der Waals surface area contributed by atoms with Crippen LogP contribution < -0.4 is 10.1 Å². The summed E-state index contributed by atoms with van der Waals surface area (Å²) < 4.78 is 5.24. The van der Waals surface area contributed by atoms with Crippen molar-refractivity contribution in [1.29, 1.82) is 0 Å². The number of hydrogen-bond donors (Lipinski definition) is 1. The molecule has 92 valence electrons. The van der Waals surface area contributed by atoms with Gasteiger partial charge in [-0.3, -0.25) is 9.59 Å². The molecule has 1 amide bonds. The van der Waals surface area contributed by atoms with Crippen LogP contribution in [0.4, 0.5) is 0 Å². The number of hydrogen-bond acceptors (Lipinski definition) is 3. The van der Waals surface area contributed by atoms with Crippen molar-refractivity contribution in [2.24, 2.45) is 0 Å². The Labute approximate surface area is 105 Å². The molecule has 4 nitrogen and oxygen atoms in total. The molecule has 1 rings (SSSR count). The minimum absolute atomic E-state index is 0.0832. The zero-order chi connectivity index (χ0) is 12.7. The fourth-order valence-electron chi connectivity index (χ4n) is 1.17. The summed E-state index contributed by atoms with van der Waals surface area (Å²) in [6.07, 6.45) is 1.57. The van der Waals surface area contributed by atoms with Gasteiger partial charge in [0.05, 0.1) is 5.02 Å². The Bertz CT molecular complexity index is 407. The number of rotatable bonds is 6. The Morgan fingerprint density at radius 3 is 2.88 bits per heavy atom. The first kappa shape index (κ1) is 13.5. The first-order chi connectivity index (χ1) is 8.17. The number of nitrogens with one attached hydrogen (secondary N) is 1. The third-order valence-electron chi connectivity index (χ3n) is 2.02. The van der Waals surface area contributed by atoms with E-state index < -0.39 is 0 Å². The Hall–Kier alpha value is -1.55. The van der Waals surface area contributed by atoms with E-state index in [9.17, 15) is 9.59 Å². The second-order valence-electron chi connectivity index (χ2n) is 3.45. The van der Waals surface area contributed by atoms with Crippen molar-refractivity contribution in [1.82, 2.24) is 5.32 Å². The molecule has 0 atom stereocenters. The Balaban J connectivity index is 2.51. The molecule has 0 aliphatic rings. The van der Waals surface area contributed by atoms with Crippen molar-refractivity contribution in [2.75, 3.05) is 13.2 Å². The second kappa shape index (κ2) is 6.91. The molecule has 1 N–H and O–H groups in total. The van der Waals surface area contributed by atoms with Gasteiger partial charge >= 0.3 is 0 Å². The maximum atomic E-state index is 11.3. The fourth-order valence-corrected chi connectivity index (χ4v) is 1.41. The minimum Gasteiger partial charge on any atom is -0.482 e. The smallest absolute Gasteiger partial charge is 0.257 e. The van der Waals surface area contributed by atoms with Crippen molar-refractivity contribution in [3.63, 3.8) is 0 Å². The number of halogens is 1. The van der Waals surface area contributed by atoms with Gasteiger partial charge in [0.1, 0.15) is 12.0 Å². The van der Waals surface area contributed by atoms with Crippen LogP contribution in [-0.4, -0.2) is 25.3 Å². The molecule has 0 aromatic heterocycles. The van der Waals surface area contributed by atoms with Gasteiger partial charge in [-0.05, 0) is 24.6 Å². The topological polar surface area (TPSA) is 55.4 Å². The quantitative estimate of drug-likeness (QED) is 0.792. The number of aldehydes is 1. The summed E-state index contributed by atoms with van der Waals surface area (Å²) in [5.74, 6) is 0.200. The van der Waals surface area contributed by atoms with E-state index in [0.717, 1.165) is 6.42 Å². The number of carbonyl (C=O) groups excluding carboxylic acids is 2. The van der Waals surface area contributed by atoms with Crippen molar-refractivity contribution in [2.45, 2.75) is 13.3 Å². The summed E-state index contributed by atoms with van der Waals surface area (Å²) in [7, 11) is 0. The highest BCUT2D eigenvalue weighted by molar-refractivity contribution is 6.32. The molecule has 0 aliphatic heterocycles. The Morgan fingerprint density at radius 1 is 1.53 bits per heavy atom. The van der Waals surface area contributed by atoms with E-state index in [1.165, 1.54) is 6.07 Å². The third kappa shape index (κ3) is 4.44. The molecule has 0 fully saturated rings. The molecule has 0 bridgehead atoms. The Morgan fingerprint density at radius 2 is 2.29 bits per heavy atom. The fraction of sp³-hybridized carbons (Fsp3) is 0.333. The molecule has 0 heterocycles. The van der Waals surface area contributed by atoms with Crippen LogP contribution >= 0.6 is 11.6 Å². The molecule has 0 radical (unpaired) electrons. The molecule has 1 aromatic rings. The average Bonchev–Trinajstić information content (AvgIpc) is 2.34. The highest BCUT2D eigenvalue weighted by Gasteiger charge is 2.05. The van der Waals surface area contributed by atoms with Gasteiger partial charge in [-0.1, -0.05) is 18.5 Å². The van der Waals surface area contributed by atoms with Crippen LogP contribution in [0.1, 0.15) is 23.7 Å². The lowest BCUT2D eigenvalue weighted by atomic mass is 10.2. The van der Waals surface area contributed by atoms with E-state index in [-0.39, 0.29) is 12.5 Å². The van der Waals surface area contributed by atoms with Gasteiger partial charge in [0.2, 0.25) is 0 Å². The Kier molecular flexibility index (Phi) is 5.49. The average molecular weight is 256 g/mol. The summed E-state index contributed by atoms with van der Waals surface area (Å²) in [5.41, 5.74) is 0.470. The first-order valence-electron chi connectivity index (χ1n) is 5.31. The standard InChI is InChI=1S/C12H14ClNO3/c1-2-5-14-12(16)8-17-11-4-3-9(7-15)6-10(11)13/h3-4,6-7H,2,5,8H2,1H3,(H,14,16). The van der Waals surface area contributed by atoms with Gasteiger partial charge in [-0.25, -0.2) is 0 Å². The predicted molar refractivity (Wildman–Crippen MR) is 65.6 cm³/mol. The molecule has 5 heteroatoms. The summed E-state index contributed by atoms with van der Waals surface area (Å²) in [6, 6.07) is 4.64. The third-order valence-corrected chi connectivity index (χ3v) is 2.32. The van der Waals surface area contributed by atoms with Crippen LogP contribution in [0, 0.1) is 0 Å². The van der Waals surface area contributed by atoms with Gasteiger partial charge in [0.25, 0.3) is 5.91 Å². The van der Waals surface area contributed by atoms with Gasteiger partial charge in [-0.15, -0.1) is 0 Å².